The van der Waals surface area contributed by atoms with Gasteiger partial charge in [-0.15, -0.1) is 0 Å². The summed E-state index contributed by atoms with van der Waals surface area (Å²) in [4.78, 5) is 13.5. The zero-order valence-corrected chi connectivity index (χ0v) is 8.36. The second kappa shape index (κ2) is 3.84. The van der Waals surface area contributed by atoms with Crippen molar-refractivity contribution in [2.24, 2.45) is 0 Å². The molecule has 2 fully saturated rings. The first-order valence-corrected chi connectivity index (χ1v) is 5.12. The normalized spacial score (nSPS) is 39.9. The van der Waals surface area contributed by atoms with E-state index in [4.69, 9.17) is 0 Å². The Hall–Kier alpha value is -0.650. The van der Waals surface area contributed by atoms with Gasteiger partial charge in [-0.2, -0.15) is 0 Å². The Morgan fingerprint density at radius 2 is 2.29 bits per heavy atom. The Labute approximate surface area is 83.5 Å². The van der Waals surface area contributed by atoms with Crippen LogP contribution in [0, 0.1) is 0 Å². The summed E-state index contributed by atoms with van der Waals surface area (Å²) in [7, 11) is 0. The molecule has 0 aliphatic carbocycles. The number of carbonyl (C=O) groups excluding carboxylic acids is 1. The van der Waals surface area contributed by atoms with Crippen molar-refractivity contribution in [1.29, 1.82) is 0 Å². The van der Waals surface area contributed by atoms with Crippen molar-refractivity contribution in [2.45, 2.75) is 25.1 Å². The molecule has 0 spiro atoms. The number of hydrogen-bond donors (Lipinski definition) is 3. The average Bonchev–Trinajstić information content (AvgIpc) is 2.57. The molecule has 0 bridgehead atoms. The van der Waals surface area contributed by atoms with Gasteiger partial charge in [-0.05, 0) is 6.92 Å². The molecule has 0 aromatic heterocycles. The van der Waals surface area contributed by atoms with E-state index in [9.17, 15) is 9.90 Å². The second-order valence-electron chi connectivity index (χ2n) is 4.00. The molecule has 0 radical (unpaired) electrons. The quantitative estimate of drug-likeness (QED) is 0.463. The molecule has 5 heteroatoms. The summed E-state index contributed by atoms with van der Waals surface area (Å²) in [6.07, 6.45) is -0.344. The smallest absolute Gasteiger partial charge is 0.237 e. The van der Waals surface area contributed by atoms with E-state index in [2.05, 4.69) is 15.5 Å². The lowest BCUT2D eigenvalue weighted by atomic mass is 10.1. The van der Waals surface area contributed by atoms with Gasteiger partial charge in [-0.25, -0.2) is 0 Å². The van der Waals surface area contributed by atoms with Crippen molar-refractivity contribution >= 4 is 5.91 Å². The van der Waals surface area contributed by atoms with Crippen molar-refractivity contribution in [3.05, 3.63) is 0 Å². The molecule has 0 aromatic rings. The van der Waals surface area contributed by atoms with Crippen molar-refractivity contribution in [3.8, 4) is 0 Å². The number of β-amino-alcohol motifs (C(OH)–C–C–N with tert-alkyl or cyclic N) is 1. The highest BCUT2D eigenvalue weighted by molar-refractivity contribution is 5.82. The van der Waals surface area contributed by atoms with Crippen LogP contribution in [0.1, 0.15) is 6.92 Å². The molecule has 2 rings (SSSR count). The molecule has 2 saturated heterocycles. The van der Waals surface area contributed by atoms with Crippen LogP contribution in [-0.2, 0) is 4.79 Å². The fraction of sp³-hybridized carbons (Fsp3) is 0.889. The van der Waals surface area contributed by atoms with Gasteiger partial charge in [-0.1, -0.05) is 0 Å². The zero-order chi connectivity index (χ0) is 10.1. The summed E-state index contributed by atoms with van der Waals surface area (Å²) in [5.74, 6) is 0.0651. The van der Waals surface area contributed by atoms with Gasteiger partial charge in [0.2, 0.25) is 5.91 Å². The van der Waals surface area contributed by atoms with E-state index in [0.29, 0.717) is 13.1 Å². The van der Waals surface area contributed by atoms with Crippen LogP contribution in [0.2, 0.25) is 0 Å². The number of amides is 1. The largest absolute Gasteiger partial charge is 0.390 e. The Morgan fingerprint density at radius 1 is 1.50 bits per heavy atom. The lowest BCUT2D eigenvalue weighted by Crippen LogP contribution is -2.59. The molecule has 1 amide bonds. The summed E-state index contributed by atoms with van der Waals surface area (Å²) < 4.78 is 0. The van der Waals surface area contributed by atoms with E-state index in [1.54, 1.807) is 0 Å². The number of nitrogens with one attached hydrogen (secondary N) is 2. The van der Waals surface area contributed by atoms with Crippen molar-refractivity contribution in [1.82, 2.24) is 15.5 Å². The minimum atomic E-state index is -0.344. The zero-order valence-electron chi connectivity index (χ0n) is 8.36. The molecule has 80 valence electrons. The van der Waals surface area contributed by atoms with Crippen LogP contribution in [-0.4, -0.2) is 60.3 Å². The van der Waals surface area contributed by atoms with E-state index in [1.807, 2.05) is 6.92 Å². The summed E-state index contributed by atoms with van der Waals surface area (Å²) in [6.45, 7) is 4.82. The summed E-state index contributed by atoms with van der Waals surface area (Å²) in [6, 6.07) is -0.0284. The standard InChI is InChI=1S/C9H17N3O2/c1-6-9(14)11-2-3-12(6)7-4-10-5-8(7)13/h6-8,10,13H,2-5H2,1H3,(H,11,14). The van der Waals surface area contributed by atoms with E-state index >= 15 is 0 Å². The fourth-order valence-corrected chi connectivity index (χ4v) is 2.24. The van der Waals surface area contributed by atoms with E-state index in [-0.39, 0.29) is 24.1 Å². The van der Waals surface area contributed by atoms with E-state index < -0.39 is 0 Å². The van der Waals surface area contributed by atoms with Crippen LogP contribution < -0.4 is 10.6 Å². The summed E-state index contributed by atoms with van der Waals surface area (Å²) >= 11 is 0. The maximum atomic E-state index is 11.4. The van der Waals surface area contributed by atoms with Gasteiger partial charge in [0, 0.05) is 26.2 Å². The molecular formula is C9H17N3O2. The van der Waals surface area contributed by atoms with Crippen LogP contribution in [0.4, 0.5) is 0 Å². The first kappa shape index (κ1) is 9.89. The minimum absolute atomic E-state index is 0.0651. The Bertz CT molecular complexity index is 234. The Morgan fingerprint density at radius 3 is 2.93 bits per heavy atom. The predicted octanol–water partition coefficient (Wildman–Crippen LogP) is -1.86. The Kier molecular flexibility index (Phi) is 2.71. The average molecular weight is 199 g/mol. The van der Waals surface area contributed by atoms with E-state index in [1.165, 1.54) is 0 Å². The monoisotopic (exact) mass is 199 g/mol. The topological polar surface area (TPSA) is 64.6 Å². The highest BCUT2D eigenvalue weighted by Gasteiger charge is 2.37. The lowest BCUT2D eigenvalue weighted by Gasteiger charge is -2.38. The molecule has 2 aliphatic heterocycles. The third kappa shape index (κ3) is 1.63. The van der Waals surface area contributed by atoms with E-state index in [0.717, 1.165) is 13.1 Å². The van der Waals surface area contributed by atoms with Gasteiger partial charge in [0.25, 0.3) is 0 Å². The third-order valence-electron chi connectivity index (χ3n) is 3.12. The van der Waals surface area contributed by atoms with Crippen LogP contribution in [0.3, 0.4) is 0 Å². The molecule has 3 N–H and O–H groups in total. The third-order valence-corrected chi connectivity index (χ3v) is 3.12. The number of rotatable bonds is 1. The van der Waals surface area contributed by atoms with Crippen molar-refractivity contribution in [3.63, 3.8) is 0 Å². The van der Waals surface area contributed by atoms with Crippen molar-refractivity contribution in [2.75, 3.05) is 26.2 Å². The van der Waals surface area contributed by atoms with Gasteiger partial charge in [0.15, 0.2) is 0 Å². The van der Waals surface area contributed by atoms with Gasteiger partial charge in [0.05, 0.1) is 18.2 Å². The number of aliphatic hydroxyl groups is 1. The molecular weight excluding hydrogens is 182 g/mol. The molecule has 2 aliphatic rings. The number of hydrogen-bond acceptors (Lipinski definition) is 4. The highest BCUT2D eigenvalue weighted by atomic mass is 16.3. The first-order chi connectivity index (χ1) is 6.70. The molecule has 3 unspecified atom stereocenters. The molecule has 0 saturated carbocycles. The molecule has 14 heavy (non-hydrogen) atoms. The molecule has 2 heterocycles. The molecule has 5 nitrogen and oxygen atoms in total. The highest BCUT2D eigenvalue weighted by Crippen LogP contribution is 2.14. The SMILES string of the molecule is CC1C(=O)NCCN1C1CNCC1O. The van der Waals surface area contributed by atoms with Crippen LogP contribution in [0.25, 0.3) is 0 Å². The fourth-order valence-electron chi connectivity index (χ4n) is 2.24. The second-order valence-corrected chi connectivity index (χ2v) is 4.00. The minimum Gasteiger partial charge on any atom is -0.390 e. The van der Waals surface area contributed by atoms with Crippen LogP contribution in [0.5, 0.6) is 0 Å². The maximum Gasteiger partial charge on any atom is 0.237 e. The number of aliphatic hydroxyl groups excluding tert-OH is 1. The number of nitrogens with zero attached hydrogens (tertiary/aromatic N) is 1. The van der Waals surface area contributed by atoms with Gasteiger partial charge < -0.3 is 15.7 Å². The van der Waals surface area contributed by atoms with Crippen LogP contribution in [0.15, 0.2) is 0 Å². The predicted molar refractivity (Wildman–Crippen MR) is 51.8 cm³/mol. The van der Waals surface area contributed by atoms with Gasteiger partial charge in [0.1, 0.15) is 0 Å². The van der Waals surface area contributed by atoms with Crippen LogP contribution >= 0.6 is 0 Å². The lowest BCUT2D eigenvalue weighted by molar-refractivity contribution is -0.130. The summed E-state index contributed by atoms with van der Waals surface area (Å²) in [5, 5.41) is 15.7. The van der Waals surface area contributed by atoms with Gasteiger partial charge >= 0.3 is 0 Å². The van der Waals surface area contributed by atoms with Crippen molar-refractivity contribution < 1.29 is 9.90 Å². The number of carbonyl (C=O) groups is 1. The maximum absolute atomic E-state index is 11.4. The molecule has 0 aromatic carbocycles. The Balaban J connectivity index is 2.05. The summed E-state index contributed by atoms with van der Waals surface area (Å²) in [5.41, 5.74) is 0. The molecule has 3 atom stereocenters. The first-order valence-electron chi connectivity index (χ1n) is 5.12. The van der Waals surface area contributed by atoms with Gasteiger partial charge in [-0.3, -0.25) is 9.69 Å². The number of piperazine rings is 1.